The molecule has 3 N–H and O–H groups in total. The van der Waals surface area contributed by atoms with Crippen LogP contribution >= 0.6 is 0 Å². The molecule has 0 saturated carbocycles. The van der Waals surface area contributed by atoms with Gasteiger partial charge in [-0.1, -0.05) is 0 Å². The van der Waals surface area contributed by atoms with Gasteiger partial charge in [-0.3, -0.25) is 10.2 Å². The first-order valence-electron chi connectivity index (χ1n) is 11.2. The molecule has 36 heavy (non-hydrogen) atoms. The maximum atomic E-state index is 13.0. The highest BCUT2D eigenvalue weighted by molar-refractivity contribution is 6.02. The topological polar surface area (TPSA) is 128 Å². The second kappa shape index (κ2) is 9.97. The Bertz CT molecular complexity index is 1290. The molecule has 1 saturated heterocycles. The van der Waals surface area contributed by atoms with Gasteiger partial charge in [-0.25, -0.2) is 24.1 Å². The third-order valence-corrected chi connectivity index (χ3v) is 5.76. The summed E-state index contributed by atoms with van der Waals surface area (Å²) >= 11 is 0. The first-order valence-corrected chi connectivity index (χ1v) is 11.2. The van der Waals surface area contributed by atoms with Crippen molar-refractivity contribution >= 4 is 35.0 Å². The summed E-state index contributed by atoms with van der Waals surface area (Å²) < 4.78 is 33.4. The third-order valence-electron chi connectivity index (χ3n) is 5.76. The normalized spacial score (nSPS) is 15.4. The standard InChI is InChI=1S/C20H24N8O.C2HF3O2/c1-13-11-17(25-28-12-14(2)23-18(13)28)24-20(29)27-8-4-15-16(3-5-22-19(15)27)26-9-6-21-7-10-26;3-2(4,5)1(6)7/h3,5,11-12,21H,4,6-10H2,1-2H3,(H,24,25,29);(H,6,7). The molecule has 0 bridgehead atoms. The maximum absolute atomic E-state index is 13.0. The summed E-state index contributed by atoms with van der Waals surface area (Å²) in [4.78, 5) is 35.0. The van der Waals surface area contributed by atoms with Crippen LogP contribution in [0.25, 0.3) is 5.65 Å². The van der Waals surface area contributed by atoms with Crippen LogP contribution in [-0.4, -0.2) is 75.6 Å². The summed E-state index contributed by atoms with van der Waals surface area (Å²) in [6.07, 6.45) is -0.628. The molecular formula is C22H25F3N8O3. The number of carboxylic acid groups (broad SMARTS) is 1. The van der Waals surface area contributed by atoms with Crippen LogP contribution in [0.4, 0.5) is 35.3 Å². The lowest BCUT2D eigenvalue weighted by Crippen LogP contribution is -2.43. The number of amides is 2. The molecule has 3 aromatic rings. The Balaban J connectivity index is 0.000000384. The van der Waals surface area contributed by atoms with Crippen molar-refractivity contribution in [2.75, 3.05) is 47.8 Å². The lowest BCUT2D eigenvalue weighted by Gasteiger charge is -2.30. The number of nitrogens with zero attached hydrogens (tertiary/aromatic N) is 6. The van der Waals surface area contributed by atoms with Crippen LogP contribution in [0.2, 0.25) is 0 Å². The summed E-state index contributed by atoms with van der Waals surface area (Å²) in [6.45, 7) is 8.39. The number of urea groups is 1. The number of fused-ring (bicyclic) bond motifs is 2. The van der Waals surface area contributed by atoms with Gasteiger partial charge in [0, 0.05) is 50.2 Å². The number of carboxylic acids is 1. The molecule has 0 aromatic carbocycles. The second-order valence-electron chi connectivity index (χ2n) is 8.37. The van der Waals surface area contributed by atoms with Crippen LogP contribution in [0.3, 0.4) is 0 Å². The third kappa shape index (κ3) is 5.32. The fourth-order valence-corrected chi connectivity index (χ4v) is 4.16. The predicted octanol–water partition coefficient (Wildman–Crippen LogP) is 2.38. The van der Waals surface area contributed by atoms with Crippen LogP contribution in [0.1, 0.15) is 16.8 Å². The number of carbonyl (C=O) groups is 2. The van der Waals surface area contributed by atoms with E-state index in [1.807, 2.05) is 26.1 Å². The Labute approximate surface area is 203 Å². The van der Waals surface area contributed by atoms with Crippen LogP contribution < -0.4 is 20.4 Å². The quantitative estimate of drug-likeness (QED) is 0.484. The molecule has 192 valence electrons. The minimum Gasteiger partial charge on any atom is -0.475 e. The van der Waals surface area contributed by atoms with Gasteiger partial charge in [-0.2, -0.15) is 13.2 Å². The maximum Gasteiger partial charge on any atom is 0.490 e. The number of aryl methyl sites for hydroxylation is 2. The molecule has 14 heteroatoms. The fourth-order valence-electron chi connectivity index (χ4n) is 4.16. The van der Waals surface area contributed by atoms with Crippen molar-refractivity contribution in [1.29, 1.82) is 0 Å². The van der Waals surface area contributed by atoms with E-state index in [4.69, 9.17) is 9.90 Å². The molecule has 5 heterocycles. The number of hydrogen-bond acceptors (Lipinski definition) is 7. The van der Waals surface area contributed by atoms with E-state index in [1.54, 1.807) is 15.6 Å². The molecule has 2 aliphatic heterocycles. The molecule has 11 nitrogen and oxygen atoms in total. The summed E-state index contributed by atoms with van der Waals surface area (Å²) in [5, 5.41) is 17.9. The van der Waals surface area contributed by atoms with Gasteiger partial charge >= 0.3 is 18.2 Å². The van der Waals surface area contributed by atoms with Crippen LogP contribution in [0.15, 0.2) is 24.5 Å². The summed E-state index contributed by atoms with van der Waals surface area (Å²) in [7, 11) is 0. The molecule has 2 aliphatic rings. The molecule has 0 radical (unpaired) electrons. The number of anilines is 3. The van der Waals surface area contributed by atoms with Crippen LogP contribution in [0, 0.1) is 13.8 Å². The van der Waals surface area contributed by atoms with E-state index in [1.165, 1.54) is 5.69 Å². The number of aromatic nitrogens is 4. The average molecular weight is 506 g/mol. The lowest BCUT2D eigenvalue weighted by molar-refractivity contribution is -0.192. The van der Waals surface area contributed by atoms with E-state index in [-0.39, 0.29) is 6.03 Å². The van der Waals surface area contributed by atoms with E-state index < -0.39 is 12.1 Å². The molecule has 0 unspecified atom stereocenters. The van der Waals surface area contributed by atoms with Crippen molar-refractivity contribution in [3.8, 4) is 0 Å². The SMILES string of the molecule is Cc1cn2nc(NC(=O)N3CCc4c(N5CCNCC5)ccnc43)cc(C)c2n1.O=C(O)C(F)(F)F. The van der Waals surface area contributed by atoms with Crippen molar-refractivity contribution in [3.63, 3.8) is 0 Å². The average Bonchev–Trinajstić information content (AvgIpc) is 3.42. The van der Waals surface area contributed by atoms with Gasteiger partial charge in [0.2, 0.25) is 0 Å². The molecule has 2 amide bonds. The molecule has 0 atom stereocenters. The molecule has 3 aromatic heterocycles. The summed E-state index contributed by atoms with van der Waals surface area (Å²) in [5.74, 6) is -1.51. The Kier molecular flexibility index (Phi) is 6.97. The lowest BCUT2D eigenvalue weighted by atomic mass is 10.1. The van der Waals surface area contributed by atoms with Gasteiger partial charge in [-0.15, -0.1) is 5.10 Å². The number of imidazole rings is 1. The molecule has 0 aliphatic carbocycles. The molecule has 5 rings (SSSR count). The summed E-state index contributed by atoms with van der Waals surface area (Å²) in [6, 6.07) is 3.70. The predicted molar refractivity (Wildman–Crippen MR) is 126 cm³/mol. The number of piperazine rings is 1. The van der Waals surface area contributed by atoms with E-state index in [0.29, 0.717) is 12.4 Å². The fraction of sp³-hybridized carbons (Fsp3) is 0.409. The Morgan fingerprint density at radius 3 is 2.53 bits per heavy atom. The first kappa shape index (κ1) is 25.2. The highest BCUT2D eigenvalue weighted by Crippen LogP contribution is 2.34. The summed E-state index contributed by atoms with van der Waals surface area (Å²) in [5.41, 5.74) is 4.99. The Morgan fingerprint density at radius 1 is 1.17 bits per heavy atom. The zero-order valence-electron chi connectivity index (χ0n) is 19.6. The molecule has 1 fully saturated rings. The van der Waals surface area contributed by atoms with Crippen molar-refractivity contribution in [1.82, 2.24) is 24.9 Å². The van der Waals surface area contributed by atoms with Gasteiger partial charge in [0.1, 0.15) is 5.82 Å². The van der Waals surface area contributed by atoms with Crippen LogP contribution in [0.5, 0.6) is 0 Å². The molecule has 0 spiro atoms. The van der Waals surface area contributed by atoms with Crippen molar-refractivity contribution in [2.24, 2.45) is 0 Å². The van der Waals surface area contributed by atoms with Crippen molar-refractivity contribution < 1.29 is 27.9 Å². The number of alkyl halides is 3. The number of pyridine rings is 1. The highest BCUT2D eigenvalue weighted by Gasteiger charge is 2.38. The Hall–Kier alpha value is -3.94. The highest BCUT2D eigenvalue weighted by atomic mass is 19.4. The molecular weight excluding hydrogens is 481 g/mol. The van der Waals surface area contributed by atoms with Gasteiger partial charge < -0.3 is 15.3 Å². The van der Waals surface area contributed by atoms with Gasteiger partial charge in [-0.05, 0) is 38.0 Å². The van der Waals surface area contributed by atoms with E-state index in [9.17, 15) is 18.0 Å². The second-order valence-corrected chi connectivity index (χ2v) is 8.37. The van der Waals surface area contributed by atoms with E-state index >= 15 is 0 Å². The number of carbonyl (C=O) groups excluding carboxylic acids is 1. The van der Waals surface area contributed by atoms with E-state index in [2.05, 4.69) is 36.7 Å². The largest absolute Gasteiger partial charge is 0.490 e. The minimum absolute atomic E-state index is 0.211. The van der Waals surface area contributed by atoms with Crippen molar-refractivity contribution in [2.45, 2.75) is 26.4 Å². The number of halogens is 3. The number of rotatable bonds is 2. The Morgan fingerprint density at radius 2 is 1.86 bits per heavy atom. The van der Waals surface area contributed by atoms with Crippen LogP contribution in [-0.2, 0) is 11.2 Å². The smallest absolute Gasteiger partial charge is 0.475 e. The number of aliphatic carboxylic acids is 1. The zero-order chi connectivity index (χ0) is 26.0. The van der Waals surface area contributed by atoms with Gasteiger partial charge in [0.25, 0.3) is 0 Å². The monoisotopic (exact) mass is 506 g/mol. The number of nitrogens with one attached hydrogen (secondary N) is 2. The first-order chi connectivity index (χ1) is 17.0. The van der Waals surface area contributed by atoms with Crippen molar-refractivity contribution in [3.05, 3.63) is 41.3 Å². The van der Waals surface area contributed by atoms with Gasteiger partial charge in [0.05, 0.1) is 11.9 Å². The number of hydrogen-bond donors (Lipinski definition) is 3. The van der Waals surface area contributed by atoms with Gasteiger partial charge in [0.15, 0.2) is 11.5 Å². The van der Waals surface area contributed by atoms with E-state index in [0.717, 1.165) is 60.9 Å². The zero-order valence-corrected chi connectivity index (χ0v) is 19.6. The minimum atomic E-state index is -5.08.